The molecule has 0 rings (SSSR count). The van der Waals surface area contributed by atoms with Gasteiger partial charge in [0, 0.05) is 0 Å². The van der Waals surface area contributed by atoms with E-state index in [1.54, 1.807) is 0 Å². The van der Waals surface area contributed by atoms with Crippen molar-refractivity contribution < 1.29 is 40.9 Å². The summed E-state index contributed by atoms with van der Waals surface area (Å²) in [4.78, 5) is 9.89. The van der Waals surface area contributed by atoms with E-state index in [1.165, 1.54) is 0 Å². The van der Waals surface area contributed by atoms with Crippen LogP contribution in [0.3, 0.4) is 0 Å². The second kappa shape index (κ2) is 2.82. The normalized spacial score (nSPS) is 18.2. The van der Waals surface area contributed by atoms with E-state index in [4.69, 9.17) is 0 Å². The fourth-order valence-corrected chi connectivity index (χ4v) is 0.359. The van der Waals surface area contributed by atoms with Crippen molar-refractivity contribution in [3.8, 4) is 0 Å². The number of hydrogen-bond acceptors (Lipinski definition) is 1. The zero-order valence-electron chi connectivity index (χ0n) is 6.00. The van der Waals surface area contributed by atoms with Gasteiger partial charge in [-0.15, -0.1) is 0 Å². The molecule has 1 atom stereocenters. The van der Waals surface area contributed by atoms with E-state index in [9.17, 15) is 35.8 Å². The highest BCUT2D eigenvalue weighted by molar-refractivity contribution is 5.78. The zero-order chi connectivity index (χ0) is 11.1. The van der Waals surface area contributed by atoms with Crippen LogP contribution >= 0.6 is 0 Å². The van der Waals surface area contributed by atoms with E-state index in [1.807, 2.05) is 0 Å². The van der Waals surface area contributed by atoms with Crippen LogP contribution in [-0.4, -0.2) is 22.9 Å². The molecule has 13 heavy (non-hydrogen) atoms. The van der Waals surface area contributed by atoms with E-state index in [-0.39, 0.29) is 0 Å². The van der Waals surface area contributed by atoms with Crippen LogP contribution in [0.1, 0.15) is 6.92 Å². The summed E-state index contributed by atoms with van der Waals surface area (Å²) >= 11 is 0. The molecule has 1 unspecified atom stereocenters. The average Bonchev–Trinajstić information content (AvgIpc) is 1.81. The predicted molar refractivity (Wildman–Crippen MR) is 24.2 cm³/mol. The van der Waals surface area contributed by atoms with Gasteiger partial charge in [-0.3, -0.25) is 0 Å². The van der Waals surface area contributed by atoms with Crippen LogP contribution in [0.5, 0.6) is 0 Å². The fourth-order valence-electron chi connectivity index (χ4n) is 0.359. The standard InChI is InChI=1S/C4H3F7NO/c1-3(5,4(6,7)8)2(13)12(9,10)11/h1H3/q+1. The van der Waals surface area contributed by atoms with Crippen molar-refractivity contribution >= 4 is 5.91 Å². The molecule has 0 radical (unpaired) electrons. The first kappa shape index (κ1) is 12.1. The number of halogens is 7. The van der Waals surface area contributed by atoms with Gasteiger partial charge in [-0.1, -0.05) is 0 Å². The summed E-state index contributed by atoms with van der Waals surface area (Å²) in [6.07, 6.45) is -5.88. The number of hydrogen-bond donors (Lipinski definition) is 0. The number of carbonyl (C=O) groups is 1. The van der Waals surface area contributed by atoms with Crippen molar-refractivity contribution in [3.05, 3.63) is 0 Å². The van der Waals surface area contributed by atoms with Crippen LogP contribution in [0, 0.1) is 0 Å². The summed E-state index contributed by atoms with van der Waals surface area (Å²) in [5.41, 5.74) is -4.91. The Balaban J connectivity index is 4.98. The van der Waals surface area contributed by atoms with Crippen LogP contribution in [0.2, 0.25) is 0 Å². The average molecular weight is 214 g/mol. The van der Waals surface area contributed by atoms with Gasteiger partial charge >= 0.3 is 22.9 Å². The van der Waals surface area contributed by atoms with Gasteiger partial charge in [0.05, 0.1) is 13.4 Å². The lowest BCUT2D eigenvalue weighted by Gasteiger charge is -2.18. The molecule has 78 valence electrons. The molecule has 0 saturated heterocycles. The van der Waals surface area contributed by atoms with Gasteiger partial charge in [-0.25, -0.2) is 9.18 Å². The number of rotatable bonds is 1. The van der Waals surface area contributed by atoms with Crippen LogP contribution in [-0.2, 0) is 4.79 Å². The van der Waals surface area contributed by atoms with Crippen LogP contribution in [0.25, 0.3) is 0 Å². The minimum absolute atomic E-state index is 0.485. The molecule has 0 aliphatic carbocycles. The van der Waals surface area contributed by atoms with Gasteiger partial charge in [-0.05, 0) is 6.92 Å². The smallest absolute Gasteiger partial charge is 0.218 e. The second-order valence-electron chi connectivity index (χ2n) is 2.25. The molecule has 0 saturated carbocycles. The maximum Gasteiger partial charge on any atom is 0.480 e. The minimum atomic E-state index is -5.88. The first-order valence-electron chi connectivity index (χ1n) is 2.69. The zero-order valence-corrected chi connectivity index (χ0v) is 6.00. The Kier molecular flexibility index (Phi) is 2.64. The Morgan fingerprint density at radius 3 is 1.46 bits per heavy atom. The number of nitrogens with zero attached hydrogens (tertiary/aromatic N) is 1. The summed E-state index contributed by atoms with van der Waals surface area (Å²) in [5.74, 6) is -3.51. The lowest BCUT2D eigenvalue weighted by atomic mass is 10.1. The van der Waals surface area contributed by atoms with Crippen LogP contribution in [0.15, 0.2) is 0 Å². The lowest BCUT2D eigenvalue weighted by Crippen LogP contribution is -2.53. The van der Waals surface area contributed by atoms with Crippen molar-refractivity contribution in [2.45, 2.75) is 18.8 Å². The third-order valence-electron chi connectivity index (χ3n) is 1.16. The molecule has 9 heteroatoms. The molecule has 0 aliphatic rings. The summed E-state index contributed by atoms with van der Waals surface area (Å²) in [6, 6.07) is 0. The van der Waals surface area contributed by atoms with Gasteiger partial charge in [0.15, 0.2) is 0 Å². The largest absolute Gasteiger partial charge is 0.480 e. The molecule has 0 spiro atoms. The number of amides is 1. The van der Waals surface area contributed by atoms with E-state index < -0.39 is 29.8 Å². The van der Waals surface area contributed by atoms with E-state index in [2.05, 4.69) is 0 Å². The summed E-state index contributed by atoms with van der Waals surface area (Å²) in [5, 5.41) is -5.20. The van der Waals surface area contributed by atoms with Crippen molar-refractivity contribution in [3.63, 3.8) is 0 Å². The molecule has 0 bridgehead atoms. The third kappa shape index (κ3) is 2.29. The molecule has 0 aromatic heterocycles. The van der Waals surface area contributed by atoms with Crippen LogP contribution < -0.4 is 0 Å². The van der Waals surface area contributed by atoms with Crippen molar-refractivity contribution in [2.75, 3.05) is 0 Å². The molecule has 0 aromatic carbocycles. The van der Waals surface area contributed by atoms with Gasteiger partial charge in [0.25, 0.3) is 0 Å². The quantitative estimate of drug-likeness (QED) is 0.483. The molecule has 1 amide bonds. The van der Waals surface area contributed by atoms with E-state index >= 15 is 0 Å². The topological polar surface area (TPSA) is 17.1 Å². The minimum Gasteiger partial charge on any atom is -0.218 e. The van der Waals surface area contributed by atoms with Crippen molar-refractivity contribution in [1.29, 1.82) is 0 Å². The highest BCUT2D eigenvalue weighted by Crippen LogP contribution is 2.37. The first-order chi connectivity index (χ1) is 5.40. The molecule has 0 N–H and O–H groups in total. The Hall–Kier alpha value is -0.860. The van der Waals surface area contributed by atoms with E-state index in [0.29, 0.717) is 0 Å². The molecular weight excluding hydrogens is 211 g/mol. The predicted octanol–water partition coefficient (Wildman–Crippen LogP) is 2.27. The SMILES string of the molecule is CC(F)(C(=O)[N+](F)(F)F)C(F)(F)F. The number of quaternary nitrogens is 1. The Labute approximate surface area is 66.9 Å². The van der Waals surface area contributed by atoms with Crippen LogP contribution in [0.4, 0.5) is 31.0 Å². The van der Waals surface area contributed by atoms with Gasteiger partial charge in [-0.2, -0.15) is 13.2 Å². The van der Waals surface area contributed by atoms with Gasteiger partial charge in [0.1, 0.15) is 0 Å². The van der Waals surface area contributed by atoms with Gasteiger partial charge in [0.2, 0.25) is 0 Å². The summed E-state index contributed by atoms with van der Waals surface area (Å²) in [6.45, 7) is -0.485. The second-order valence-corrected chi connectivity index (χ2v) is 2.25. The highest BCUT2D eigenvalue weighted by Gasteiger charge is 2.70. The maximum atomic E-state index is 12.3. The Bertz CT molecular complexity index is 214. The fraction of sp³-hybridized carbons (Fsp3) is 0.750. The van der Waals surface area contributed by atoms with Gasteiger partial charge < -0.3 is 0 Å². The first-order valence-corrected chi connectivity index (χ1v) is 2.69. The maximum absolute atomic E-state index is 12.3. The molecule has 0 heterocycles. The number of alkyl halides is 4. The number of carbonyl (C=O) groups excluding carboxylic acids is 1. The molecule has 2 nitrogen and oxygen atoms in total. The summed E-state index contributed by atoms with van der Waals surface area (Å²) < 4.78 is 80.8. The molecular formula is C4H3F7NO+. The Morgan fingerprint density at radius 2 is 1.38 bits per heavy atom. The molecule has 0 fully saturated rings. The monoisotopic (exact) mass is 214 g/mol. The third-order valence-corrected chi connectivity index (χ3v) is 1.16. The summed E-state index contributed by atoms with van der Waals surface area (Å²) in [7, 11) is 0. The Morgan fingerprint density at radius 1 is 1.08 bits per heavy atom. The van der Waals surface area contributed by atoms with E-state index in [0.717, 1.165) is 0 Å². The van der Waals surface area contributed by atoms with Crippen molar-refractivity contribution in [2.24, 2.45) is 0 Å². The molecule has 0 aromatic rings. The van der Waals surface area contributed by atoms with Crippen molar-refractivity contribution in [1.82, 2.24) is 0 Å². The molecule has 0 aliphatic heterocycles. The highest BCUT2D eigenvalue weighted by atomic mass is 19.6. The lowest BCUT2D eigenvalue weighted by molar-refractivity contribution is -1.21.